The van der Waals surface area contributed by atoms with Crippen LogP contribution in [0.2, 0.25) is 0 Å². The lowest BCUT2D eigenvalue weighted by atomic mass is 10.2. The second-order valence-electron chi connectivity index (χ2n) is 2.63. The van der Waals surface area contributed by atoms with Crippen molar-refractivity contribution in [2.45, 2.75) is 0 Å². The van der Waals surface area contributed by atoms with Crippen molar-refractivity contribution in [2.24, 2.45) is 0 Å². The Bertz CT molecular complexity index is 314. The molecule has 0 aromatic heterocycles. The van der Waals surface area contributed by atoms with Crippen LogP contribution in [-0.4, -0.2) is 16.7 Å². The van der Waals surface area contributed by atoms with Crippen LogP contribution in [0.1, 0.15) is 5.56 Å². The van der Waals surface area contributed by atoms with E-state index in [-0.39, 0.29) is 0 Å². The highest BCUT2D eigenvalue weighted by atomic mass is 32.2. The van der Waals surface area contributed by atoms with Crippen molar-refractivity contribution >= 4 is 18.0 Å². The Hall–Kier alpha value is -1.02. The molecule has 1 heterocycles. The largest absolute Gasteiger partial charge is 0.198 e. The SMILES string of the molecule is C1=C[N+](=Cc2ccccc2)CS1. The van der Waals surface area contributed by atoms with E-state index in [0.29, 0.717) is 0 Å². The summed E-state index contributed by atoms with van der Waals surface area (Å²) in [4.78, 5) is 0. The van der Waals surface area contributed by atoms with Crippen molar-refractivity contribution < 1.29 is 4.58 Å². The summed E-state index contributed by atoms with van der Waals surface area (Å²) in [5.74, 6) is 1.04. The Labute approximate surface area is 76.4 Å². The van der Waals surface area contributed by atoms with Crippen molar-refractivity contribution in [1.82, 2.24) is 0 Å². The molecule has 0 unspecified atom stereocenters. The monoisotopic (exact) mass is 176 g/mol. The molecule has 1 aliphatic rings. The molecule has 0 atom stereocenters. The summed E-state index contributed by atoms with van der Waals surface area (Å²) < 4.78 is 2.18. The van der Waals surface area contributed by atoms with Gasteiger partial charge in [0.1, 0.15) is 0 Å². The quantitative estimate of drug-likeness (QED) is 0.593. The van der Waals surface area contributed by atoms with Crippen LogP contribution in [0.3, 0.4) is 0 Å². The van der Waals surface area contributed by atoms with Crippen LogP contribution in [-0.2, 0) is 0 Å². The first-order chi connectivity index (χ1) is 5.95. The Morgan fingerprint density at radius 1 is 1.25 bits per heavy atom. The number of rotatable bonds is 1. The summed E-state index contributed by atoms with van der Waals surface area (Å²) in [7, 11) is 0. The molecular formula is C10H10NS+. The van der Waals surface area contributed by atoms with E-state index >= 15 is 0 Å². The molecule has 0 N–H and O–H groups in total. The fourth-order valence-corrected chi connectivity index (χ4v) is 1.77. The molecule has 12 heavy (non-hydrogen) atoms. The molecule has 1 aliphatic heterocycles. The molecule has 2 rings (SSSR count). The topological polar surface area (TPSA) is 3.01 Å². The first-order valence-corrected chi connectivity index (χ1v) is 4.94. The normalized spacial score (nSPS) is 18.8. The number of thioether (sulfide) groups is 1. The zero-order chi connectivity index (χ0) is 8.23. The van der Waals surface area contributed by atoms with Gasteiger partial charge in [0.25, 0.3) is 0 Å². The minimum absolute atomic E-state index is 1.04. The third-order valence-electron chi connectivity index (χ3n) is 1.69. The van der Waals surface area contributed by atoms with Gasteiger partial charge in [-0.2, -0.15) is 4.58 Å². The molecule has 0 saturated heterocycles. The van der Waals surface area contributed by atoms with E-state index in [1.165, 1.54) is 5.56 Å². The van der Waals surface area contributed by atoms with Crippen LogP contribution in [0.5, 0.6) is 0 Å². The van der Waals surface area contributed by atoms with Gasteiger partial charge in [0.2, 0.25) is 0 Å². The van der Waals surface area contributed by atoms with E-state index < -0.39 is 0 Å². The highest BCUT2D eigenvalue weighted by molar-refractivity contribution is 8.02. The van der Waals surface area contributed by atoms with Crippen LogP contribution >= 0.6 is 11.8 Å². The van der Waals surface area contributed by atoms with E-state index in [1.54, 1.807) is 0 Å². The van der Waals surface area contributed by atoms with Gasteiger partial charge in [-0.25, -0.2) is 0 Å². The average molecular weight is 176 g/mol. The lowest BCUT2D eigenvalue weighted by Gasteiger charge is -1.89. The highest BCUT2D eigenvalue weighted by Crippen LogP contribution is 2.10. The van der Waals surface area contributed by atoms with Gasteiger partial charge >= 0.3 is 0 Å². The van der Waals surface area contributed by atoms with Gasteiger partial charge in [-0.3, -0.25) is 0 Å². The molecule has 0 saturated carbocycles. The standard InChI is InChI=1S/C10H10NS/c1-2-4-10(5-3-1)8-11-6-7-12-9-11/h1-8H,9H2/q+1. The molecule has 0 fully saturated rings. The minimum atomic E-state index is 1.04. The van der Waals surface area contributed by atoms with Gasteiger partial charge in [0, 0.05) is 11.0 Å². The molecule has 60 valence electrons. The van der Waals surface area contributed by atoms with Gasteiger partial charge in [0.05, 0.1) is 0 Å². The molecule has 0 bridgehead atoms. The van der Waals surface area contributed by atoms with E-state index in [0.717, 1.165) is 5.88 Å². The Morgan fingerprint density at radius 2 is 2.08 bits per heavy atom. The minimum Gasteiger partial charge on any atom is -0.194 e. The van der Waals surface area contributed by atoms with Crippen molar-refractivity contribution in [3.05, 3.63) is 47.5 Å². The average Bonchev–Trinajstić information content (AvgIpc) is 2.59. The van der Waals surface area contributed by atoms with Gasteiger partial charge in [-0.1, -0.05) is 30.0 Å². The molecular weight excluding hydrogens is 166 g/mol. The first kappa shape index (κ1) is 7.62. The summed E-state index contributed by atoms with van der Waals surface area (Å²) in [5, 5.41) is 2.11. The van der Waals surface area contributed by atoms with Crippen molar-refractivity contribution in [3.8, 4) is 0 Å². The fourth-order valence-electron chi connectivity index (χ4n) is 1.10. The number of nitrogens with zero attached hydrogens (tertiary/aromatic N) is 1. The maximum Gasteiger partial charge on any atom is 0.198 e. The molecule has 2 heteroatoms. The maximum absolute atomic E-state index is 2.18. The summed E-state index contributed by atoms with van der Waals surface area (Å²) in [6.07, 6.45) is 4.24. The van der Waals surface area contributed by atoms with E-state index in [4.69, 9.17) is 0 Å². The van der Waals surface area contributed by atoms with Crippen LogP contribution in [0.15, 0.2) is 41.9 Å². The van der Waals surface area contributed by atoms with Gasteiger partial charge in [0.15, 0.2) is 18.3 Å². The smallest absolute Gasteiger partial charge is 0.194 e. The molecule has 0 radical (unpaired) electrons. The van der Waals surface area contributed by atoms with Gasteiger partial charge in [-0.15, -0.1) is 0 Å². The van der Waals surface area contributed by atoms with Crippen molar-refractivity contribution in [1.29, 1.82) is 0 Å². The van der Waals surface area contributed by atoms with Crippen LogP contribution in [0.4, 0.5) is 0 Å². The molecule has 1 aromatic carbocycles. The molecule has 1 nitrogen and oxygen atoms in total. The lowest BCUT2D eigenvalue weighted by molar-refractivity contribution is -0.423. The summed E-state index contributed by atoms with van der Waals surface area (Å²) in [5.41, 5.74) is 1.25. The van der Waals surface area contributed by atoms with Crippen LogP contribution in [0.25, 0.3) is 0 Å². The molecule has 0 spiro atoms. The van der Waals surface area contributed by atoms with Crippen molar-refractivity contribution in [2.75, 3.05) is 5.88 Å². The Kier molecular flexibility index (Phi) is 2.28. The van der Waals surface area contributed by atoms with Crippen LogP contribution in [0, 0.1) is 0 Å². The Balaban J connectivity index is 2.22. The zero-order valence-electron chi connectivity index (χ0n) is 6.68. The van der Waals surface area contributed by atoms with Gasteiger partial charge in [-0.05, 0) is 12.1 Å². The number of benzene rings is 1. The van der Waals surface area contributed by atoms with E-state index in [1.807, 2.05) is 17.8 Å². The number of hydrogen-bond donors (Lipinski definition) is 0. The highest BCUT2D eigenvalue weighted by Gasteiger charge is 2.05. The summed E-state index contributed by atoms with van der Waals surface area (Å²) >= 11 is 1.82. The van der Waals surface area contributed by atoms with Crippen molar-refractivity contribution in [3.63, 3.8) is 0 Å². The summed E-state index contributed by atoms with van der Waals surface area (Å²) in [6, 6.07) is 10.4. The number of hydrogen-bond acceptors (Lipinski definition) is 1. The second-order valence-corrected chi connectivity index (χ2v) is 3.50. The van der Waals surface area contributed by atoms with E-state index in [2.05, 4.69) is 46.7 Å². The third-order valence-corrected chi connectivity index (χ3v) is 2.45. The zero-order valence-corrected chi connectivity index (χ0v) is 7.50. The fraction of sp³-hybridized carbons (Fsp3) is 0.100. The molecule has 1 aromatic rings. The lowest BCUT2D eigenvalue weighted by Crippen LogP contribution is -2.01. The third kappa shape index (κ3) is 1.77. The summed E-state index contributed by atoms with van der Waals surface area (Å²) in [6.45, 7) is 0. The predicted octanol–water partition coefficient (Wildman–Crippen LogP) is 2.29. The second kappa shape index (κ2) is 3.59. The Morgan fingerprint density at radius 3 is 2.75 bits per heavy atom. The van der Waals surface area contributed by atoms with E-state index in [9.17, 15) is 0 Å². The van der Waals surface area contributed by atoms with Gasteiger partial charge < -0.3 is 0 Å². The molecule has 0 amide bonds. The molecule has 0 aliphatic carbocycles. The predicted molar refractivity (Wildman–Crippen MR) is 53.5 cm³/mol. The van der Waals surface area contributed by atoms with Crippen LogP contribution < -0.4 is 0 Å². The first-order valence-electron chi connectivity index (χ1n) is 3.89. The maximum atomic E-state index is 2.18.